The minimum absolute atomic E-state index is 0.314. The van der Waals surface area contributed by atoms with Gasteiger partial charge < -0.3 is 5.32 Å². The molecule has 0 aliphatic rings. The zero-order valence-electron chi connectivity index (χ0n) is 13.6. The molecule has 1 amide bonds. The van der Waals surface area contributed by atoms with Crippen LogP contribution in [0.15, 0.2) is 59.5 Å². The average molecular weight is 386 g/mol. The van der Waals surface area contributed by atoms with Gasteiger partial charge in [-0.15, -0.1) is 0 Å². The maximum atomic E-state index is 12.7. The summed E-state index contributed by atoms with van der Waals surface area (Å²) < 4.78 is 64.1. The van der Waals surface area contributed by atoms with E-state index in [4.69, 9.17) is 0 Å². The minimum atomic E-state index is -4.65. The van der Waals surface area contributed by atoms with Crippen molar-refractivity contribution in [3.8, 4) is 0 Å². The minimum Gasteiger partial charge on any atom is -0.355 e. The Kier molecular flexibility index (Phi) is 6.38. The molecule has 0 bridgehead atoms. The number of halogens is 3. The molecular weight excluding hydrogens is 369 g/mol. The van der Waals surface area contributed by atoms with Crippen molar-refractivity contribution in [3.05, 3.63) is 65.7 Å². The molecule has 0 atom stereocenters. The molecule has 0 heterocycles. The van der Waals surface area contributed by atoms with Gasteiger partial charge in [0, 0.05) is 6.54 Å². The Bertz CT molecular complexity index is 853. The number of rotatable bonds is 7. The lowest BCUT2D eigenvalue weighted by atomic mass is 10.1. The summed E-state index contributed by atoms with van der Waals surface area (Å²) in [5, 5.41) is 2.54. The van der Waals surface area contributed by atoms with Gasteiger partial charge in [-0.2, -0.15) is 13.2 Å². The van der Waals surface area contributed by atoms with E-state index >= 15 is 0 Å². The van der Waals surface area contributed by atoms with Gasteiger partial charge in [-0.1, -0.05) is 36.4 Å². The first-order valence-electron chi connectivity index (χ1n) is 7.66. The molecule has 0 radical (unpaired) electrons. The predicted octanol–water partition coefficient (Wildman–Crippen LogP) is 2.34. The summed E-state index contributed by atoms with van der Waals surface area (Å²) in [6, 6.07) is 12.7. The highest BCUT2D eigenvalue weighted by atomic mass is 32.2. The molecule has 0 spiro atoms. The van der Waals surface area contributed by atoms with Gasteiger partial charge in [-0.3, -0.25) is 4.79 Å². The van der Waals surface area contributed by atoms with Crippen molar-refractivity contribution in [2.24, 2.45) is 0 Å². The maximum absolute atomic E-state index is 12.7. The molecule has 5 nitrogen and oxygen atoms in total. The van der Waals surface area contributed by atoms with Crippen LogP contribution in [0, 0.1) is 0 Å². The van der Waals surface area contributed by atoms with Gasteiger partial charge in [0.1, 0.15) is 0 Å². The lowest BCUT2D eigenvalue weighted by Gasteiger charge is -2.10. The Balaban J connectivity index is 1.88. The highest BCUT2D eigenvalue weighted by molar-refractivity contribution is 7.89. The van der Waals surface area contributed by atoms with E-state index in [1.54, 1.807) is 0 Å². The smallest absolute Gasteiger partial charge is 0.355 e. The molecule has 0 unspecified atom stereocenters. The molecule has 0 aromatic heterocycles. The normalized spacial score (nSPS) is 12.0. The molecule has 140 valence electrons. The zero-order valence-corrected chi connectivity index (χ0v) is 14.4. The van der Waals surface area contributed by atoms with E-state index in [0.29, 0.717) is 19.0 Å². The molecular formula is C17H17F3N2O3S. The lowest BCUT2D eigenvalue weighted by molar-refractivity contribution is -0.137. The van der Waals surface area contributed by atoms with Crippen LogP contribution in [0.4, 0.5) is 13.2 Å². The standard InChI is InChI=1S/C17H17F3N2O3S/c18-17(19,20)14-7-4-8-15(11-14)26(24,25)22-12-16(23)21-10-9-13-5-2-1-3-6-13/h1-8,11,22H,9-10,12H2,(H,21,23). The van der Waals surface area contributed by atoms with Gasteiger partial charge in [0.25, 0.3) is 0 Å². The van der Waals surface area contributed by atoms with Crippen molar-refractivity contribution >= 4 is 15.9 Å². The van der Waals surface area contributed by atoms with Crippen LogP contribution < -0.4 is 10.0 Å². The fraction of sp³-hybridized carbons (Fsp3) is 0.235. The number of nitrogens with one attached hydrogen (secondary N) is 2. The van der Waals surface area contributed by atoms with Gasteiger partial charge in [0.15, 0.2) is 0 Å². The molecule has 0 fully saturated rings. The third kappa shape index (κ3) is 5.85. The molecule has 0 saturated heterocycles. The Hall–Kier alpha value is -2.39. The van der Waals surface area contributed by atoms with Crippen molar-refractivity contribution in [2.75, 3.05) is 13.1 Å². The summed E-state index contributed by atoms with van der Waals surface area (Å²) in [6.07, 6.45) is -4.08. The second-order valence-corrected chi connectivity index (χ2v) is 7.20. The maximum Gasteiger partial charge on any atom is 0.416 e. The van der Waals surface area contributed by atoms with E-state index in [1.165, 1.54) is 0 Å². The number of alkyl halides is 3. The van der Waals surface area contributed by atoms with Crippen LogP contribution in [-0.4, -0.2) is 27.4 Å². The summed E-state index contributed by atoms with van der Waals surface area (Å²) in [6.45, 7) is -0.249. The largest absolute Gasteiger partial charge is 0.416 e. The fourth-order valence-corrected chi connectivity index (χ4v) is 3.16. The van der Waals surface area contributed by atoms with Gasteiger partial charge in [0.05, 0.1) is 17.0 Å². The molecule has 9 heteroatoms. The zero-order chi connectivity index (χ0) is 19.2. The summed E-state index contributed by atoms with van der Waals surface area (Å²) in [5.74, 6) is -0.573. The van der Waals surface area contributed by atoms with E-state index in [1.807, 2.05) is 35.1 Å². The van der Waals surface area contributed by atoms with Crippen LogP contribution >= 0.6 is 0 Å². The van der Waals surface area contributed by atoms with E-state index in [0.717, 1.165) is 23.8 Å². The first-order valence-corrected chi connectivity index (χ1v) is 9.14. The second-order valence-electron chi connectivity index (χ2n) is 5.44. The summed E-state index contributed by atoms with van der Waals surface area (Å²) in [7, 11) is -4.23. The van der Waals surface area contributed by atoms with E-state index in [-0.39, 0.29) is 0 Å². The van der Waals surface area contributed by atoms with Crippen molar-refractivity contribution in [2.45, 2.75) is 17.5 Å². The van der Waals surface area contributed by atoms with Crippen LogP contribution in [0.5, 0.6) is 0 Å². The number of hydrogen-bond donors (Lipinski definition) is 2. The number of hydrogen-bond acceptors (Lipinski definition) is 3. The van der Waals surface area contributed by atoms with Crippen molar-refractivity contribution in [3.63, 3.8) is 0 Å². The van der Waals surface area contributed by atoms with Gasteiger partial charge in [-0.25, -0.2) is 13.1 Å². The predicted molar refractivity (Wildman–Crippen MR) is 89.8 cm³/mol. The van der Waals surface area contributed by atoms with Crippen LogP contribution in [0.3, 0.4) is 0 Å². The van der Waals surface area contributed by atoms with E-state index in [2.05, 4.69) is 5.32 Å². The van der Waals surface area contributed by atoms with Crippen molar-refractivity contribution < 1.29 is 26.4 Å². The lowest BCUT2D eigenvalue weighted by Crippen LogP contribution is -2.37. The van der Waals surface area contributed by atoms with Crippen molar-refractivity contribution in [1.82, 2.24) is 10.0 Å². The Morgan fingerprint density at radius 2 is 1.69 bits per heavy atom. The summed E-state index contributed by atoms with van der Waals surface area (Å²) in [5.41, 5.74) is -0.0648. The van der Waals surface area contributed by atoms with Gasteiger partial charge in [-0.05, 0) is 30.2 Å². The number of benzene rings is 2. The molecule has 2 aromatic rings. The highest BCUT2D eigenvalue weighted by Crippen LogP contribution is 2.30. The topological polar surface area (TPSA) is 75.3 Å². The number of carbonyl (C=O) groups excluding carboxylic acids is 1. The Morgan fingerprint density at radius 1 is 1.00 bits per heavy atom. The number of sulfonamides is 1. The molecule has 0 aliphatic heterocycles. The number of carbonyl (C=O) groups is 1. The number of amides is 1. The molecule has 2 rings (SSSR count). The Morgan fingerprint density at radius 3 is 2.35 bits per heavy atom. The van der Waals surface area contributed by atoms with Gasteiger partial charge >= 0.3 is 6.18 Å². The monoisotopic (exact) mass is 386 g/mol. The first-order chi connectivity index (χ1) is 12.2. The van der Waals surface area contributed by atoms with Gasteiger partial charge in [0.2, 0.25) is 15.9 Å². The second kappa shape index (κ2) is 8.33. The molecule has 26 heavy (non-hydrogen) atoms. The van der Waals surface area contributed by atoms with E-state index < -0.39 is 39.1 Å². The van der Waals surface area contributed by atoms with Crippen LogP contribution in [0.2, 0.25) is 0 Å². The summed E-state index contributed by atoms with van der Waals surface area (Å²) in [4.78, 5) is 11.2. The highest BCUT2D eigenvalue weighted by Gasteiger charge is 2.31. The third-order valence-corrected chi connectivity index (χ3v) is 4.87. The third-order valence-electron chi connectivity index (χ3n) is 3.47. The average Bonchev–Trinajstić information content (AvgIpc) is 2.60. The molecule has 2 N–H and O–H groups in total. The molecule has 0 saturated carbocycles. The van der Waals surface area contributed by atoms with Crippen molar-refractivity contribution in [1.29, 1.82) is 0 Å². The SMILES string of the molecule is O=C(CNS(=O)(=O)c1cccc(C(F)(F)F)c1)NCCc1ccccc1. The fourth-order valence-electron chi connectivity index (χ4n) is 2.14. The first kappa shape index (κ1) is 19.9. The molecule has 2 aromatic carbocycles. The molecule has 0 aliphatic carbocycles. The van der Waals surface area contributed by atoms with E-state index in [9.17, 15) is 26.4 Å². The Labute approximate surface area is 149 Å². The van der Waals surface area contributed by atoms with Crippen LogP contribution in [-0.2, 0) is 27.4 Å². The summed E-state index contributed by atoms with van der Waals surface area (Å²) >= 11 is 0. The van der Waals surface area contributed by atoms with Crippen LogP contribution in [0.25, 0.3) is 0 Å². The quantitative estimate of drug-likeness (QED) is 0.767. The van der Waals surface area contributed by atoms with Crippen LogP contribution in [0.1, 0.15) is 11.1 Å².